The van der Waals surface area contributed by atoms with Crippen LogP contribution in [0.5, 0.6) is 11.5 Å². The zero-order valence-corrected chi connectivity index (χ0v) is 21.1. The Labute approximate surface area is 219 Å². The maximum absolute atomic E-state index is 13.3. The van der Waals surface area contributed by atoms with E-state index in [2.05, 4.69) is 16.9 Å². The molecular formula is C29H27FN4O4. The minimum absolute atomic E-state index is 0.131. The summed E-state index contributed by atoms with van der Waals surface area (Å²) in [6.45, 7) is 3.55. The van der Waals surface area contributed by atoms with Crippen molar-refractivity contribution in [1.82, 2.24) is 14.5 Å². The molecule has 0 fully saturated rings. The van der Waals surface area contributed by atoms with E-state index in [1.54, 1.807) is 37.1 Å². The number of hydrogen-bond donors (Lipinski definition) is 1. The molecule has 0 radical (unpaired) electrons. The van der Waals surface area contributed by atoms with Crippen molar-refractivity contribution >= 4 is 17.8 Å². The maximum atomic E-state index is 13.3. The van der Waals surface area contributed by atoms with Gasteiger partial charge in [0.2, 0.25) is 11.9 Å². The van der Waals surface area contributed by atoms with Gasteiger partial charge in [-0.3, -0.25) is 19.5 Å². The number of anilines is 1. The van der Waals surface area contributed by atoms with Gasteiger partial charge in [0.25, 0.3) is 5.91 Å². The van der Waals surface area contributed by atoms with E-state index in [4.69, 9.17) is 9.47 Å². The summed E-state index contributed by atoms with van der Waals surface area (Å²) in [6, 6.07) is 19.9. The Bertz CT molecular complexity index is 1430. The van der Waals surface area contributed by atoms with Crippen molar-refractivity contribution in [3.05, 3.63) is 103 Å². The van der Waals surface area contributed by atoms with Crippen LogP contribution in [0.3, 0.4) is 0 Å². The van der Waals surface area contributed by atoms with Crippen LogP contribution in [0.4, 0.5) is 10.3 Å². The Morgan fingerprint density at radius 3 is 2.39 bits per heavy atom. The lowest BCUT2D eigenvalue weighted by molar-refractivity contribution is -0.116. The second kappa shape index (κ2) is 11.9. The van der Waals surface area contributed by atoms with Crippen LogP contribution in [-0.4, -0.2) is 53.6 Å². The number of benzene rings is 3. The Morgan fingerprint density at radius 2 is 1.74 bits per heavy atom. The summed E-state index contributed by atoms with van der Waals surface area (Å²) in [6.07, 6.45) is 3.32. The fraction of sp³-hybridized carbons (Fsp3) is 0.138. The third kappa shape index (κ3) is 6.07. The highest BCUT2D eigenvalue weighted by Gasteiger charge is 2.20. The molecule has 1 heterocycles. The number of carbonyl (C=O) groups excluding carboxylic acids is 2. The molecule has 4 rings (SSSR count). The zero-order chi connectivity index (χ0) is 27.1. The molecule has 0 bridgehead atoms. The lowest BCUT2D eigenvalue weighted by atomic mass is 10.1. The van der Waals surface area contributed by atoms with Crippen molar-refractivity contribution < 1.29 is 23.5 Å². The predicted molar refractivity (Wildman–Crippen MR) is 143 cm³/mol. The molecule has 0 saturated heterocycles. The van der Waals surface area contributed by atoms with Crippen LogP contribution in [0.15, 0.2) is 91.6 Å². The van der Waals surface area contributed by atoms with E-state index in [-0.39, 0.29) is 24.6 Å². The Kier molecular flexibility index (Phi) is 8.17. The van der Waals surface area contributed by atoms with Crippen molar-refractivity contribution in [2.45, 2.75) is 0 Å². The van der Waals surface area contributed by atoms with Gasteiger partial charge >= 0.3 is 0 Å². The average Bonchev–Trinajstić information content (AvgIpc) is 3.36. The van der Waals surface area contributed by atoms with E-state index in [0.29, 0.717) is 17.2 Å². The standard InChI is InChI=1S/C29H27FN4O4/c1-4-16-33(28(36)20-8-10-22(30)11-9-20)19-27(35)32-29-31-26(21-6-5-7-25(17-21)38-3)18-34(29)23-12-14-24(37-2)15-13-23/h4-15,17-18H,1,16,19H2,2-3H3,(H,31,32,35). The van der Waals surface area contributed by atoms with Gasteiger partial charge in [0.15, 0.2) is 0 Å². The molecular weight excluding hydrogens is 487 g/mol. The molecule has 0 atom stereocenters. The van der Waals surface area contributed by atoms with E-state index in [0.717, 1.165) is 11.3 Å². The van der Waals surface area contributed by atoms with Gasteiger partial charge in [0.05, 0.1) is 19.9 Å². The van der Waals surface area contributed by atoms with Gasteiger partial charge in [-0.15, -0.1) is 6.58 Å². The van der Waals surface area contributed by atoms with Gasteiger partial charge < -0.3 is 14.4 Å². The number of nitrogens with zero attached hydrogens (tertiary/aromatic N) is 3. The molecule has 0 spiro atoms. The molecule has 1 N–H and O–H groups in total. The molecule has 1 aromatic heterocycles. The van der Waals surface area contributed by atoms with Crippen LogP contribution in [0, 0.1) is 5.82 Å². The zero-order valence-electron chi connectivity index (χ0n) is 21.1. The first-order valence-electron chi connectivity index (χ1n) is 11.8. The molecule has 38 heavy (non-hydrogen) atoms. The summed E-state index contributed by atoms with van der Waals surface area (Å²) in [5, 5.41) is 2.82. The number of aromatic nitrogens is 2. The van der Waals surface area contributed by atoms with Crippen molar-refractivity contribution in [3.8, 4) is 28.4 Å². The summed E-state index contributed by atoms with van der Waals surface area (Å²) in [7, 11) is 3.17. The predicted octanol–water partition coefficient (Wildman–Crippen LogP) is 4.96. The summed E-state index contributed by atoms with van der Waals surface area (Å²) in [5.74, 6) is 0.298. The van der Waals surface area contributed by atoms with Gasteiger partial charge in [-0.05, 0) is 60.7 Å². The monoisotopic (exact) mass is 514 g/mol. The van der Waals surface area contributed by atoms with Crippen molar-refractivity contribution in [3.63, 3.8) is 0 Å². The Morgan fingerprint density at radius 1 is 1.03 bits per heavy atom. The summed E-state index contributed by atoms with van der Waals surface area (Å²) in [4.78, 5) is 32.1. The molecule has 2 amide bonds. The molecule has 0 aliphatic carbocycles. The van der Waals surface area contributed by atoms with Crippen LogP contribution in [0.1, 0.15) is 10.4 Å². The second-order valence-corrected chi connectivity index (χ2v) is 8.28. The van der Waals surface area contributed by atoms with Gasteiger partial charge in [0, 0.05) is 29.6 Å². The fourth-order valence-corrected chi connectivity index (χ4v) is 3.82. The number of halogens is 1. The third-order valence-corrected chi connectivity index (χ3v) is 5.74. The smallest absolute Gasteiger partial charge is 0.254 e. The molecule has 194 valence electrons. The Balaban J connectivity index is 1.63. The number of rotatable bonds is 10. The third-order valence-electron chi connectivity index (χ3n) is 5.74. The first kappa shape index (κ1) is 26.2. The van der Waals surface area contributed by atoms with Gasteiger partial charge in [-0.1, -0.05) is 18.2 Å². The van der Waals surface area contributed by atoms with E-state index >= 15 is 0 Å². The van der Waals surface area contributed by atoms with Crippen LogP contribution in [0.25, 0.3) is 16.9 Å². The lowest BCUT2D eigenvalue weighted by Gasteiger charge is -2.20. The molecule has 0 unspecified atom stereocenters. The van der Waals surface area contributed by atoms with Crippen molar-refractivity contribution in [2.75, 3.05) is 32.6 Å². The van der Waals surface area contributed by atoms with Crippen LogP contribution >= 0.6 is 0 Å². The highest BCUT2D eigenvalue weighted by atomic mass is 19.1. The average molecular weight is 515 g/mol. The largest absolute Gasteiger partial charge is 0.497 e. The van der Waals surface area contributed by atoms with E-state index in [1.807, 2.05) is 36.4 Å². The number of hydrogen-bond acceptors (Lipinski definition) is 5. The van der Waals surface area contributed by atoms with E-state index in [1.165, 1.54) is 35.2 Å². The highest BCUT2D eigenvalue weighted by Crippen LogP contribution is 2.27. The number of amides is 2. The first-order valence-corrected chi connectivity index (χ1v) is 11.8. The topological polar surface area (TPSA) is 85.7 Å². The Hall–Kier alpha value is -4.92. The molecule has 3 aromatic carbocycles. The molecule has 9 heteroatoms. The molecule has 8 nitrogen and oxygen atoms in total. The van der Waals surface area contributed by atoms with Crippen molar-refractivity contribution in [2.24, 2.45) is 0 Å². The minimum Gasteiger partial charge on any atom is -0.497 e. The summed E-state index contributed by atoms with van der Waals surface area (Å²) >= 11 is 0. The number of imidazole rings is 1. The lowest BCUT2D eigenvalue weighted by Crippen LogP contribution is -2.38. The molecule has 0 aliphatic heterocycles. The number of nitrogens with one attached hydrogen (secondary N) is 1. The highest BCUT2D eigenvalue weighted by molar-refractivity contribution is 5.99. The van der Waals surface area contributed by atoms with Gasteiger partial charge in [-0.2, -0.15) is 0 Å². The maximum Gasteiger partial charge on any atom is 0.254 e. The van der Waals surface area contributed by atoms with Gasteiger partial charge in [0.1, 0.15) is 23.9 Å². The second-order valence-electron chi connectivity index (χ2n) is 8.28. The quantitative estimate of drug-likeness (QED) is 0.302. The van der Waals surface area contributed by atoms with E-state index < -0.39 is 17.6 Å². The SMILES string of the molecule is C=CCN(CC(=O)Nc1nc(-c2cccc(OC)c2)cn1-c1ccc(OC)cc1)C(=O)c1ccc(F)cc1. The van der Waals surface area contributed by atoms with Gasteiger partial charge in [-0.25, -0.2) is 9.37 Å². The van der Waals surface area contributed by atoms with E-state index in [9.17, 15) is 14.0 Å². The number of ether oxygens (including phenoxy) is 2. The molecule has 4 aromatic rings. The minimum atomic E-state index is -0.458. The fourth-order valence-electron chi connectivity index (χ4n) is 3.82. The summed E-state index contributed by atoms with van der Waals surface area (Å²) < 4.78 is 25.6. The first-order chi connectivity index (χ1) is 18.4. The van der Waals surface area contributed by atoms with Crippen LogP contribution < -0.4 is 14.8 Å². The number of carbonyl (C=O) groups is 2. The normalized spacial score (nSPS) is 10.5. The number of methoxy groups -OCH3 is 2. The van der Waals surface area contributed by atoms with Crippen LogP contribution in [-0.2, 0) is 4.79 Å². The summed E-state index contributed by atoms with van der Waals surface area (Å²) in [5.41, 5.74) is 2.42. The molecule has 0 aliphatic rings. The van der Waals surface area contributed by atoms with Crippen molar-refractivity contribution in [1.29, 1.82) is 0 Å². The van der Waals surface area contributed by atoms with Crippen LogP contribution in [0.2, 0.25) is 0 Å². The molecule has 0 saturated carbocycles.